The Kier molecular flexibility index (Phi) is 5.08. The van der Waals surface area contributed by atoms with Crippen LogP contribution in [-0.2, 0) is 9.53 Å². The van der Waals surface area contributed by atoms with Crippen molar-refractivity contribution in [3.63, 3.8) is 0 Å². The molecule has 4 heteroatoms. The fourth-order valence-corrected chi connectivity index (χ4v) is 0.790. The second kappa shape index (κ2) is 5.57. The minimum atomic E-state index is -0.409. The number of hydrogen-bond acceptors (Lipinski definition) is 4. The molecule has 0 saturated carbocycles. The third-order valence-corrected chi connectivity index (χ3v) is 1.27. The SMILES string of the molecule is CCOC(=O)/C(CC(C)C)=N\N. The number of rotatable bonds is 4. The normalized spacial score (nSPS) is 11.8. The van der Waals surface area contributed by atoms with Crippen molar-refractivity contribution in [3.05, 3.63) is 0 Å². The Labute approximate surface area is 72.8 Å². The van der Waals surface area contributed by atoms with E-state index in [4.69, 9.17) is 10.6 Å². The highest BCUT2D eigenvalue weighted by Gasteiger charge is 2.13. The number of nitrogens with zero attached hydrogens (tertiary/aromatic N) is 1. The van der Waals surface area contributed by atoms with E-state index in [1.165, 1.54) is 0 Å². The van der Waals surface area contributed by atoms with Gasteiger partial charge >= 0.3 is 5.97 Å². The van der Waals surface area contributed by atoms with E-state index in [9.17, 15) is 4.79 Å². The highest BCUT2D eigenvalue weighted by molar-refractivity contribution is 6.36. The van der Waals surface area contributed by atoms with Crippen LogP contribution in [0.25, 0.3) is 0 Å². The fourth-order valence-electron chi connectivity index (χ4n) is 0.790. The van der Waals surface area contributed by atoms with Crippen LogP contribution in [0.2, 0.25) is 0 Å². The molecule has 0 aliphatic heterocycles. The molecule has 12 heavy (non-hydrogen) atoms. The van der Waals surface area contributed by atoms with Gasteiger partial charge in [-0.05, 0) is 12.8 Å². The van der Waals surface area contributed by atoms with Crippen molar-refractivity contribution in [1.82, 2.24) is 0 Å². The van der Waals surface area contributed by atoms with Crippen LogP contribution < -0.4 is 5.84 Å². The quantitative estimate of drug-likeness (QED) is 0.297. The van der Waals surface area contributed by atoms with Gasteiger partial charge < -0.3 is 10.6 Å². The summed E-state index contributed by atoms with van der Waals surface area (Å²) in [5.41, 5.74) is 0.312. The molecule has 0 spiro atoms. The predicted octanol–water partition coefficient (Wildman–Crippen LogP) is 0.910. The Hall–Kier alpha value is -1.06. The second-order valence-electron chi connectivity index (χ2n) is 2.89. The summed E-state index contributed by atoms with van der Waals surface area (Å²) < 4.78 is 4.75. The lowest BCUT2D eigenvalue weighted by Gasteiger charge is -2.06. The van der Waals surface area contributed by atoms with E-state index in [0.29, 0.717) is 24.7 Å². The molecule has 2 N–H and O–H groups in total. The van der Waals surface area contributed by atoms with Gasteiger partial charge in [-0.2, -0.15) is 5.10 Å². The van der Waals surface area contributed by atoms with Gasteiger partial charge in [-0.25, -0.2) is 4.79 Å². The number of hydrazone groups is 1. The van der Waals surface area contributed by atoms with Crippen molar-refractivity contribution in [2.45, 2.75) is 27.2 Å². The topological polar surface area (TPSA) is 64.7 Å². The van der Waals surface area contributed by atoms with Gasteiger partial charge in [0.1, 0.15) is 5.71 Å². The number of esters is 1. The predicted molar refractivity (Wildman–Crippen MR) is 47.7 cm³/mol. The average Bonchev–Trinajstić information content (AvgIpc) is 2.00. The van der Waals surface area contributed by atoms with Gasteiger partial charge in [-0.15, -0.1) is 0 Å². The number of carbonyl (C=O) groups excluding carboxylic acids is 1. The lowest BCUT2D eigenvalue weighted by molar-refractivity contribution is -0.135. The van der Waals surface area contributed by atoms with Crippen LogP contribution in [0.15, 0.2) is 5.10 Å². The van der Waals surface area contributed by atoms with Crippen molar-refractivity contribution in [1.29, 1.82) is 0 Å². The van der Waals surface area contributed by atoms with Crippen molar-refractivity contribution in [3.8, 4) is 0 Å². The highest BCUT2D eigenvalue weighted by atomic mass is 16.5. The lowest BCUT2D eigenvalue weighted by Crippen LogP contribution is -2.20. The summed E-state index contributed by atoms with van der Waals surface area (Å²) in [4.78, 5) is 11.1. The van der Waals surface area contributed by atoms with Gasteiger partial charge in [-0.3, -0.25) is 0 Å². The molecule has 0 aromatic rings. The first-order valence-electron chi connectivity index (χ1n) is 4.05. The molecular weight excluding hydrogens is 156 g/mol. The summed E-state index contributed by atoms with van der Waals surface area (Å²) in [5, 5.41) is 3.39. The Bertz CT molecular complexity index is 176. The largest absolute Gasteiger partial charge is 0.461 e. The van der Waals surface area contributed by atoms with E-state index in [2.05, 4.69) is 5.10 Å². The van der Waals surface area contributed by atoms with Gasteiger partial charge in [0.25, 0.3) is 0 Å². The van der Waals surface area contributed by atoms with Crippen LogP contribution in [0.1, 0.15) is 27.2 Å². The maximum absolute atomic E-state index is 11.1. The Morgan fingerprint density at radius 2 is 2.17 bits per heavy atom. The van der Waals surface area contributed by atoms with Crippen molar-refractivity contribution >= 4 is 11.7 Å². The smallest absolute Gasteiger partial charge is 0.354 e. The number of carbonyl (C=O) groups is 1. The Morgan fingerprint density at radius 3 is 2.50 bits per heavy atom. The molecule has 0 atom stereocenters. The van der Waals surface area contributed by atoms with Crippen LogP contribution in [0.5, 0.6) is 0 Å². The zero-order chi connectivity index (χ0) is 9.56. The van der Waals surface area contributed by atoms with Crippen LogP contribution >= 0.6 is 0 Å². The van der Waals surface area contributed by atoms with E-state index in [1.807, 2.05) is 13.8 Å². The standard InChI is InChI=1S/C8H16N2O2/c1-4-12-8(11)7(10-9)5-6(2)3/h6H,4-5,9H2,1-3H3/b10-7-. The van der Waals surface area contributed by atoms with E-state index in [0.717, 1.165) is 0 Å². The first-order chi connectivity index (χ1) is 5.61. The molecule has 0 bridgehead atoms. The minimum absolute atomic E-state index is 0.312. The Morgan fingerprint density at radius 1 is 1.58 bits per heavy atom. The molecule has 0 aromatic carbocycles. The molecule has 0 saturated heterocycles. The summed E-state index contributed by atoms with van der Waals surface area (Å²) >= 11 is 0. The number of nitrogens with two attached hydrogens (primary N) is 1. The van der Waals surface area contributed by atoms with Crippen LogP contribution in [0.3, 0.4) is 0 Å². The summed E-state index contributed by atoms with van der Waals surface area (Å²) in [5.74, 6) is 4.99. The zero-order valence-electron chi connectivity index (χ0n) is 7.83. The lowest BCUT2D eigenvalue weighted by atomic mass is 10.1. The second-order valence-corrected chi connectivity index (χ2v) is 2.89. The van der Waals surface area contributed by atoms with Crippen LogP contribution in [0, 0.1) is 5.92 Å². The molecule has 0 aliphatic rings. The number of hydrogen-bond donors (Lipinski definition) is 1. The van der Waals surface area contributed by atoms with Crippen LogP contribution in [-0.4, -0.2) is 18.3 Å². The summed E-state index contributed by atoms with van der Waals surface area (Å²) in [6, 6.07) is 0. The first-order valence-corrected chi connectivity index (χ1v) is 4.05. The van der Waals surface area contributed by atoms with E-state index >= 15 is 0 Å². The summed E-state index contributed by atoms with van der Waals surface area (Å²) in [6.45, 7) is 6.09. The van der Waals surface area contributed by atoms with Gasteiger partial charge in [0.05, 0.1) is 6.61 Å². The van der Waals surface area contributed by atoms with Gasteiger partial charge in [0.15, 0.2) is 0 Å². The first kappa shape index (κ1) is 10.9. The molecular formula is C8H16N2O2. The van der Waals surface area contributed by atoms with Crippen LogP contribution in [0.4, 0.5) is 0 Å². The summed E-state index contributed by atoms with van der Waals surface area (Å²) in [7, 11) is 0. The highest BCUT2D eigenvalue weighted by Crippen LogP contribution is 2.02. The van der Waals surface area contributed by atoms with E-state index < -0.39 is 5.97 Å². The Balaban J connectivity index is 4.08. The molecule has 4 nitrogen and oxygen atoms in total. The van der Waals surface area contributed by atoms with Gasteiger partial charge in [0, 0.05) is 6.42 Å². The molecule has 0 fully saturated rings. The monoisotopic (exact) mass is 172 g/mol. The van der Waals surface area contributed by atoms with Gasteiger partial charge in [0.2, 0.25) is 0 Å². The number of ether oxygens (including phenoxy) is 1. The zero-order valence-corrected chi connectivity index (χ0v) is 7.83. The third kappa shape index (κ3) is 3.95. The molecule has 0 aromatic heterocycles. The van der Waals surface area contributed by atoms with Crippen molar-refractivity contribution in [2.24, 2.45) is 16.9 Å². The van der Waals surface area contributed by atoms with E-state index in [1.54, 1.807) is 6.92 Å². The summed E-state index contributed by atoms with van der Waals surface area (Å²) in [6.07, 6.45) is 0.565. The fraction of sp³-hybridized carbons (Fsp3) is 0.750. The molecule has 0 amide bonds. The molecule has 0 unspecified atom stereocenters. The maximum atomic E-state index is 11.1. The molecule has 0 rings (SSSR count). The molecule has 0 aliphatic carbocycles. The maximum Gasteiger partial charge on any atom is 0.354 e. The molecule has 0 radical (unpaired) electrons. The minimum Gasteiger partial charge on any atom is -0.461 e. The van der Waals surface area contributed by atoms with Crippen molar-refractivity contribution in [2.75, 3.05) is 6.61 Å². The van der Waals surface area contributed by atoms with E-state index in [-0.39, 0.29) is 0 Å². The molecule has 70 valence electrons. The third-order valence-electron chi connectivity index (χ3n) is 1.27. The average molecular weight is 172 g/mol. The van der Waals surface area contributed by atoms with Gasteiger partial charge in [-0.1, -0.05) is 13.8 Å². The van der Waals surface area contributed by atoms with Crippen molar-refractivity contribution < 1.29 is 9.53 Å². The molecule has 0 heterocycles.